The average molecular weight is 347 g/mol. The van der Waals surface area contributed by atoms with Crippen LogP contribution in [0, 0.1) is 6.92 Å². The first kappa shape index (κ1) is 18.0. The second kappa shape index (κ2) is 8.47. The number of halogens is 1. The second-order valence-corrected chi connectivity index (χ2v) is 5.79. The van der Waals surface area contributed by atoms with Crippen LogP contribution in [-0.4, -0.2) is 23.5 Å². The summed E-state index contributed by atoms with van der Waals surface area (Å²) in [6, 6.07) is 13.9. The molecule has 0 aromatic heterocycles. The number of anilines is 1. The van der Waals surface area contributed by atoms with Crippen LogP contribution in [0.3, 0.4) is 0 Å². The van der Waals surface area contributed by atoms with Gasteiger partial charge in [-0.2, -0.15) is 0 Å². The van der Waals surface area contributed by atoms with Gasteiger partial charge in [0.15, 0.2) is 0 Å². The van der Waals surface area contributed by atoms with E-state index in [2.05, 4.69) is 10.6 Å². The standard InChI is InChI=1S/C18H19ClN2O3/c1-12-7-8-14(19)16(11-12)21-18(24)17(23)20-15(9-10-22)13-5-3-2-4-6-13/h2-8,11,15,22H,9-10H2,1H3,(H,20,23)(H,21,24). The monoisotopic (exact) mass is 346 g/mol. The third kappa shape index (κ3) is 4.81. The van der Waals surface area contributed by atoms with E-state index in [0.29, 0.717) is 17.1 Å². The zero-order valence-corrected chi connectivity index (χ0v) is 14.0. The van der Waals surface area contributed by atoms with Gasteiger partial charge in [-0.15, -0.1) is 0 Å². The number of carbonyl (C=O) groups excluding carboxylic acids is 2. The molecule has 1 atom stereocenters. The number of amides is 2. The van der Waals surface area contributed by atoms with Crippen LogP contribution in [0.15, 0.2) is 48.5 Å². The normalized spacial score (nSPS) is 11.6. The first-order chi connectivity index (χ1) is 11.5. The first-order valence-electron chi connectivity index (χ1n) is 7.55. The van der Waals surface area contributed by atoms with Gasteiger partial charge in [-0.3, -0.25) is 9.59 Å². The molecule has 1 unspecified atom stereocenters. The lowest BCUT2D eigenvalue weighted by molar-refractivity contribution is -0.136. The van der Waals surface area contributed by atoms with Crippen LogP contribution in [0.4, 0.5) is 5.69 Å². The van der Waals surface area contributed by atoms with Crippen LogP contribution < -0.4 is 10.6 Å². The van der Waals surface area contributed by atoms with Crippen molar-refractivity contribution in [1.82, 2.24) is 5.32 Å². The molecule has 0 aliphatic carbocycles. The lowest BCUT2D eigenvalue weighted by Crippen LogP contribution is -2.38. The van der Waals surface area contributed by atoms with Gasteiger partial charge in [-0.1, -0.05) is 48.0 Å². The molecule has 6 heteroatoms. The van der Waals surface area contributed by atoms with E-state index in [1.54, 1.807) is 12.1 Å². The Kier molecular flexibility index (Phi) is 6.35. The Hall–Kier alpha value is -2.37. The smallest absolute Gasteiger partial charge is 0.313 e. The van der Waals surface area contributed by atoms with Gasteiger partial charge in [-0.05, 0) is 36.6 Å². The molecule has 24 heavy (non-hydrogen) atoms. The number of hydrogen-bond donors (Lipinski definition) is 3. The van der Waals surface area contributed by atoms with E-state index in [0.717, 1.165) is 11.1 Å². The largest absolute Gasteiger partial charge is 0.396 e. The molecule has 2 aromatic rings. The molecule has 0 saturated heterocycles. The Morgan fingerprint density at radius 2 is 1.83 bits per heavy atom. The van der Waals surface area contributed by atoms with Crippen molar-refractivity contribution in [3.63, 3.8) is 0 Å². The fourth-order valence-electron chi connectivity index (χ4n) is 2.27. The molecule has 0 saturated carbocycles. The lowest BCUT2D eigenvalue weighted by atomic mass is 10.0. The van der Waals surface area contributed by atoms with Crippen molar-refractivity contribution in [2.45, 2.75) is 19.4 Å². The number of nitrogens with one attached hydrogen (secondary N) is 2. The molecule has 126 valence electrons. The number of carbonyl (C=O) groups is 2. The lowest BCUT2D eigenvalue weighted by Gasteiger charge is -2.18. The highest BCUT2D eigenvalue weighted by molar-refractivity contribution is 6.41. The molecule has 0 bridgehead atoms. The molecular weight excluding hydrogens is 328 g/mol. The fourth-order valence-corrected chi connectivity index (χ4v) is 2.44. The molecule has 0 heterocycles. The maximum absolute atomic E-state index is 12.2. The summed E-state index contributed by atoms with van der Waals surface area (Å²) in [6.07, 6.45) is 0.314. The minimum atomic E-state index is -0.804. The predicted octanol–water partition coefficient (Wildman–Crippen LogP) is 2.83. The Morgan fingerprint density at radius 1 is 1.12 bits per heavy atom. The van der Waals surface area contributed by atoms with Crippen molar-refractivity contribution in [2.75, 3.05) is 11.9 Å². The molecule has 0 fully saturated rings. The minimum absolute atomic E-state index is 0.106. The summed E-state index contributed by atoms with van der Waals surface area (Å²) in [5, 5.41) is 14.7. The van der Waals surface area contributed by atoms with Gasteiger partial charge < -0.3 is 15.7 Å². The Labute approximate surface area is 145 Å². The summed E-state index contributed by atoms with van der Waals surface area (Å²) in [5.74, 6) is -1.59. The topological polar surface area (TPSA) is 78.4 Å². The second-order valence-electron chi connectivity index (χ2n) is 5.39. The number of hydrogen-bond acceptors (Lipinski definition) is 3. The molecule has 0 spiro atoms. The molecule has 2 amide bonds. The third-order valence-electron chi connectivity index (χ3n) is 3.50. The Balaban J connectivity index is 2.06. The van der Waals surface area contributed by atoms with Crippen molar-refractivity contribution in [3.05, 3.63) is 64.7 Å². The van der Waals surface area contributed by atoms with Gasteiger partial charge >= 0.3 is 11.8 Å². The highest BCUT2D eigenvalue weighted by atomic mass is 35.5. The predicted molar refractivity (Wildman–Crippen MR) is 93.8 cm³/mol. The van der Waals surface area contributed by atoms with Crippen molar-refractivity contribution in [1.29, 1.82) is 0 Å². The van der Waals surface area contributed by atoms with Gasteiger partial charge in [0.05, 0.1) is 16.8 Å². The molecule has 3 N–H and O–H groups in total. The summed E-state index contributed by atoms with van der Waals surface area (Å²) in [6.45, 7) is 1.75. The van der Waals surface area contributed by atoms with Gasteiger partial charge in [0.1, 0.15) is 0 Å². The molecule has 0 radical (unpaired) electrons. The maximum atomic E-state index is 12.2. The molecular formula is C18H19ClN2O3. The zero-order valence-electron chi connectivity index (χ0n) is 13.3. The van der Waals surface area contributed by atoms with E-state index in [-0.39, 0.29) is 6.61 Å². The molecule has 0 aliphatic heterocycles. The third-order valence-corrected chi connectivity index (χ3v) is 3.83. The Bertz CT molecular complexity index is 719. The average Bonchev–Trinajstić information content (AvgIpc) is 2.58. The van der Waals surface area contributed by atoms with Crippen molar-refractivity contribution >= 4 is 29.1 Å². The number of aryl methyl sites for hydroxylation is 1. The fraction of sp³-hybridized carbons (Fsp3) is 0.222. The molecule has 0 aliphatic rings. The van der Waals surface area contributed by atoms with E-state index in [9.17, 15) is 14.7 Å². The van der Waals surface area contributed by atoms with Crippen LogP contribution >= 0.6 is 11.6 Å². The highest BCUT2D eigenvalue weighted by Crippen LogP contribution is 2.22. The Morgan fingerprint density at radius 3 is 2.50 bits per heavy atom. The van der Waals surface area contributed by atoms with Gasteiger partial charge in [0, 0.05) is 6.61 Å². The highest BCUT2D eigenvalue weighted by Gasteiger charge is 2.20. The van der Waals surface area contributed by atoms with Crippen LogP contribution in [-0.2, 0) is 9.59 Å². The molecule has 5 nitrogen and oxygen atoms in total. The summed E-state index contributed by atoms with van der Waals surface area (Å²) < 4.78 is 0. The summed E-state index contributed by atoms with van der Waals surface area (Å²) in [7, 11) is 0. The summed E-state index contributed by atoms with van der Waals surface area (Å²) >= 11 is 6.02. The zero-order chi connectivity index (χ0) is 17.5. The molecule has 2 rings (SSSR count). The number of rotatable bonds is 5. The SMILES string of the molecule is Cc1ccc(Cl)c(NC(=O)C(=O)NC(CCO)c2ccccc2)c1. The van der Waals surface area contributed by atoms with E-state index in [4.69, 9.17) is 11.6 Å². The number of aliphatic hydroxyl groups is 1. The number of aliphatic hydroxyl groups excluding tert-OH is 1. The van der Waals surface area contributed by atoms with Crippen molar-refractivity contribution in [2.24, 2.45) is 0 Å². The summed E-state index contributed by atoms with van der Waals surface area (Å²) in [4.78, 5) is 24.3. The van der Waals surface area contributed by atoms with E-state index >= 15 is 0 Å². The van der Waals surface area contributed by atoms with Crippen LogP contribution in [0.25, 0.3) is 0 Å². The van der Waals surface area contributed by atoms with Crippen LogP contribution in [0.1, 0.15) is 23.6 Å². The van der Waals surface area contributed by atoms with E-state index in [1.165, 1.54) is 0 Å². The van der Waals surface area contributed by atoms with Gasteiger partial charge in [0.2, 0.25) is 0 Å². The summed E-state index contributed by atoms with van der Waals surface area (Å²) in [5.41, 5.74) is 2.12. The quantitative estimate of drug-likeness (QED) is 0.728. The molecule has 2 aromatic carbocycles. The van der Waals surface area contributed by atoms with Crippen molar-refractivity contribution in [3.8, 4) is 0 Å². The van der Waals surface area contributed by atoms with Crippen LogP contribution in [0.5, 0.6) is 0 Å². The first-order valence-corrected chi connectivity index (χ1v) is 7.93. The van der Waals surface area contributed by atoms with E-state index < -0.39 is 17.9 Å². The van der Waals surface area contributed by atoms with Gasteiger partial charge in [-0.25, -0.2) is 0 Å². The van der Waals surface area contributed by atoms with Crippen LogP contribution in [0.2, 0.25) is 5.02 Å². The minimum Gasteiger partial charge on any atom is -0.396 e. The maximum Gasteiger partial charge on any atom is 0.313 e. The van der Waals surface area contributed by atoms with Crippen molar-refractivity contribution < 1.29 is 14.7 Å². The van der Waals surface area contributed by atoms with Gasteiger partial charge in [0.25, 0.3) is 0 Å². The van der Waals surface area contributed by atoms with E-state index in [1.807, 2.05) is 43.3 Å². The number of benzene rings is 2.